The second-order valence-corrected chi connectivity index (χ2v) is 4.37. The molecule has 0 aliphatic heterocycles. The number of hydrogen-bond donors (Lipinski definition) is 2. The summed E-state index contributed by atoms with van der Waals surface area (Å²) < 4.78 is 0. The van der Waals surface area contributed by atoms with Crippen molar-refractivity contribution in [3.05, 3.63) is 59.8 Å². The zero-order valence-corrected chi connectivity index (χ0v) is 11.0. The first-order chi connectivity index (χ1) is 8.75. The number of nitrogens with one attached hydrogen (secondary N) is 2. The highest BCUT2D eigenvalue weighted by Crippen LogP contribution is 2.08. The fourth-order valence-electron chi connectivity index (χ4n) is 1.55. The van der Waals surface area contributed by atoms with Crippen molar-refractivity contribution in [3.8, 4) is 0 Å². The standard InChI is InChI=1S/C14H15N3S/c1-11-6-5-9-15-13(11)17-14(18)16-10-12-7-3-2-4-8-12/h2-9H,10H2,1H3,(H2,15,16,17,18). The molecule has 0 fully saturated rings. The predicted molar refractivity (Wildman–Crippen MR) is 78.5 cm³/mol. The Bertz CT molecular complexity index is 526. The fourth-order valence-corrected chi connectivity index (χ4v) is 1.72. The second-order valence-electron chi connectivity index (χ2n) is 3.96. The van der Waals surface area contributed by atoms with Crippen LogP contribution in [0.15, 0.2) is 48.7 Å². The summed E-state index contributed by atoms with van der Waals surface area (Å²) in [6, 6.07) is 14.0. The lowest BCUT2D eigenvalue weighted by atomic mass is 10.2. The van der Waals surface area contributed by atoms with Crippen molar-refractivity contribution >= 4 is 23.1 Å². The van der Waals surface area contributed by atoms with Gasteiger partial charge in [-0.25, -0.2) is 4.98 Å². The highest BCUT2D eigenvalue weighted by Gasteiger charge is 2.01. The molecule has 0 atom stereocenters. The van der Waals surface area contributed by atoms with Crippen LogP contribution < -0.4 is 10.6 Å². The summed E-state index contributed by atoms with van der Waals surface area (Å²) in [6.07, 6.45) is 1.75. The van der Waals surface area contributed by atoms with Gasteiger partial charge in [0, 0.05) is 12.7 Å². The van der Waals surface area contributed by atoms with Crippen molar-refractivity contribution in [2.75, 3.05) is 5.32 Å². The molecule has 18 heavy (non-hydrogen) atoms. The molecule has 2 aromatic rings. The quantitative estimate of drug-likeness (QED) is 0.829. The number of benzene rings is 1. The summed E-state index contributed by atoms with van der Waals surface area (Å²) in [5, 5.41) is 6.83. The first-order valence-electron chi connectivity index (χ1n) is 5.76. The molecule has 0 unspecified atom stereocenters. The van der Waals surface area contributed by atoms with E-state index in [4.69, 9.17) is 12.2 Å². The van der Waals surface area contributed by atoms with Gasteiger partial charge in [-0.15, -0.1) is 0 Å². The van der Waals surface area contributed by atoms with Crippen LogP contribution in [0, 0.1) is 6.92 Å². The van der Waals surface area contributed by atoms with Gasteiger partial charge in [0.2, 0.25) is 0 Å². The van der Waals surface area contributed by atoms with E-state index in [0.29, 0.717) is 11.7 Å². The molecule has 0 radical (unpaired) electrons. The van der Waals surface area contributed by atoms with E-state index in [1.807, 2.05) is 37.3 Å². The molecule has 0 saturated heterocycles. The molecule has 2 N–H and O–H groups in total. The van der Waals surface area contributed by atoms with Crippen LogP contribution in [0.2, 0.25) is 0 Å². The number of nitrogens with zero attached hydrogens (tertiary/aromatic N) is 1. The van der Waals surface area contributed by atoms with Gasteiger partial charge in [0.25, 0.3) is 0 Å². The zero-order chi connectivity index (χ0) is 12.8. The van der Waals surface area contributed by atoms with Gasteiger partial charge in [-0.1, -0.05) is 36.4 Å². The van der Waals surface area contributed by atoms with Crippen molar-refractivity contribution in [1.29, 1.82) is 0 Å². The van der Waals surface area contributed by atoms with Crippen molar-refractivity contribution in [2.24, 2.45) is 0 Å². The van der Waals surface area contributed by atoms with Crippen LogP contribution in [0.25, 0.3) is 0 Å². The lowest BCUT2D eigenvalue weighted by molar-refractivity contribution is 0.924. The van der Waals surface area contributed by atoms with Crippen molar-refractivity contribution < 1.29 is 0 Å². The number of aryl methyl sites for hydroxylation is 1. The molecule has 3 nitrogen and oxygen atoms in total. The third-order valence-electron chi connectivity index (χ3n) is 2.54. The first-order valence-corrected chi connectivity index (χ1v) is 6.17. The Morgan fingerprint density at radius 3 is 2.67 bits per heavy atom. The number of thiocarbonyl (C=S) groups is 1. The molecule has 0 saturated carbocycles. The molecule has 0 aliphatic carbocycles. The topological polar surface area (TPSA) is 37.0 Å². The number of pyridine rings is 1. The van der Waals surface area contributed by atoms with Crippen molar-refractivity contribution in [2.45, 2.75) is 13.5 Å². The first kappa shape index (κ1) is 12.5. The molecule has 0 aliphatic rings. The van der Waals surface area contributed by atoms with Crippen LogP contribution in [-0.2, 0) is 6.54 Å². The van der Waals surface area contributed by atoms with Crippen LogP contribution in [0.1, 0.15) is 11.1 Å². The maximum atomic E-state index is 5.23. The van der Waals surface area contributed by atoms with Crippen LogP contribution >= 0.6 is 12.2 Å². The number of hydrogen-bond acceptors (Lipinski definition) is 2. The molecule has 0 spiro atoms. The molecule has 0 amide bonds. The molecule has 1 aromatic heterocycles. The van der Waals surface area contributed by atoms with E-state index in [1.54, 1.807) is 6.20 Å². The third kappa shape index (κ3) is 3.53. The predicted octanol–water partition coefficient (Wildman–Crippen LogP) is 2.88. The lowest BCUT2D eigenvalue weighted by Gasteiger charge is -2.11. The van der Waals surface area contributed by atoms with Gasteiger partial charge >= 0.3 is 0 Å². The average Bonchev–Trinajstić information content (AvgIpc) is 2.40. The second kappa shape index (κ2) is 6.12. The molecule has 2 rings (SSSR count). The molecular formula is C14H15N3S. The van der Waals surface area contributed by atoms with E-state index in [1.165, 1.54) is 5.56 Å². The van der Waals surface area contributed by atoms with E-state index in [-0.39, 0.29) is 0 Å². The van der Waals surface area contributed by atoms with E-state index in [0.717, 1.165) is 11.4 Å². The maximum Gasteiger partial charge on any atom is 0.172 e. The Morgan fingerprint density at radius 1 is 1.17 bits per heavy atom. The largest absolute Gasteiger partial charge is 0.358 e. The Morgan fingerprint density at radius 2 is 1.94 bits per heavy atom. The summed E-state index contributed by atoms with van der Waals surface area (Å²) in [5.41, 5.74) is 2.26. The van der Waals surface area contributed by atoms with E-state index in [9.17, 15) is 0 Å². The molecule has 4 heteroatoms. The minimum absolute atomic E-state index is 0.584. The van der Waals surface area contributed by atoms with Gasteiger partial charge in [0.1, 0.15) is 5.82 Å². The monoisotopic (exact) mass is 257 g/mol. The molecule has 92 valence electrons. The number of anilines is 1. The van der Waals surface area contributed by atoms with E-state index >= 15 is 0 Å². The SMILES string of the molecule is Cc1cccnc1NC(=S)NCc1ccccc1. The van der Waals surface area contributed by atoms with Gasteiger partial charge < -0.3 is 10.6 Å². The average molecular weight is 257 g/mol. The van der Waals surface area contributed by atoms with Gasteiger partial charge in [-0.2, -0.15) is 0 Å². The fraction of sp³-hybridized carbons (Fsp3) is 0.143. The lowest BCUT2D eigenvalue weighted by Crippen LogP contribution is -2.28. The normalized spacial score (nSPS) is 9.83. The highest BCUT2D eigenvalue weighted by molar-refractivity contribution is 7.80. The highest BCUT2D eigenvalue weighted by atomic mass is 32.1. The van der Waals surface area contributed by atoms with Crippen LogP contribution in [0.5, 0.6) is 0 Å². The van der Waals surface area contributed by atoms with E-state index < -0.39 is 0 Å². The van der Waals surface area contributed by atoms with Crippen LogP contribution in [-0.4, -0.2) is 10.1 Å². The molecular weight excluding hydrogens is 242 g/mol. The zero-order valence-electron chi connectivity index (χ0n) is 10.2. The maximum absolute atomic E-state index is 5.23. The van der Waals surface area contributed by atoms with Gasteiger partial charge in [-0.3, -0.25) is 0 Å². The van der Waals surface area contributed by atoms with Gasteiger partial charge in [0.05, 0.1) is 0 Å². The van der Waals surface area contributed by atoms with Crippen molar-refractivity contribution in [1.82, 2.24) is 10.3 Å². The van der Waals surface area contributed by atoms with Gasteiger partial charge in [-0.05, 0) is 36.3 Å². The molecule has 1 aromatic carbocycles. The van der Waals surface area contributed by atoms with Crippen LogP contribution in [0.4, 0.5) is 5.82 Å². The third-order valence-corrected chi connectivity index (χ3v) is 2.78. The smallest absolute Gasteiger partial charge is 0.172 e. The summed E-state index contributed by atoms with van der Waals surface area (Å²) in [4.78, 5) is 4.23. The summed E-state index contributed by atoms with van der Waals surface area (Å²) in [6.45, 7) is 2.70. The minimum Gasteiger partial charge on any atom is -0.358 e. The molecule has 0 bridgehead atoms. The van der Waals surface area contributed by atoms with Gasteiger partial charge in [0.15, 0.2) is 5.11 Å². The Balaban J connectivity index is 1.88. The Labute approximate surface area is 112 Å². The summed E-state index contributed by atoms with van der Waals surface area (Å²) in [7, 11) is 0. The summed E-state index contributed by atoms with van der Waals surface area (Å²) in [5.74, 6) is 0.795. The van der Waals surface area contributed by atoms with Crippen LogP contribution in [0.3, 0.4) is 0 Å². The number of rotatable bonds is 3. The Hall–Kier alpha value is -1.94. The minimum atomic E-state index is 0.584. The summed E-state index contributed by atoms with van der Waals surface area (Å²) >= 11 is 5.23. The van der Waals surface area contributed by atoms with E-state index in [2.05, 4.69) is 27.8 Å². The number of aromatic nitrogens is 1. The molecule has 1 heterocycles. The Kier molecular flexibility index (Phi) is 4.25. The van der Waals surface area contributed by atoms with Crippen molar-refractivity contribution in [3.63, 3.8) is 0 Å².